The molecule has 1 N–H and O–H groups in total. The lowest BCUT2D eigenvalue weighted by atomic mass is 9.94. The highest BCUT2D eigenvalue weighted by molar-refractivity contribution is 5.78. The van der Waals surface area contributed by atoms with E-state index >= 15 is 0 Å². The summed E-state index contributed by atoms with van der Waals surface area (Å²) in [6.07, 6.45) is 8.97. The van der Waals surface area contributed by atoms with Crippen LogP contribution >= 0.6 is 0 Å². The van der Waals surface area contributed by atoms with Gasteiger partial charge in [-0.25, -0.2) is 9.97 Å². The first-order valence-electron chi connectivity index (χ1n) is 9.78. The fraction of sp³-hybridized carbons (Fsp3) is 0.737. The summed E-state index contributed by atoms with van der Waals surface area (Å²) in [5.41, 5.74) is 0. The molecule has 2 aliphatic heterocycles. The van der Waals surface area contributed by atoms with Gasteiger partial charge >= 0.3 is 0 Å². The molecule has 1 aromatic heterocycles. The Hall–Kier alpha value is -1.69. The SMILES string of the molecule is CCCN1CCC(CNC(=O)C2CCN(c3ncccn3)CC2)CC1. The second kappa shape index (κ2) is 9.13. The van der Waals surface area contributed by atoms with Crippen molar-refractivity contribution >= 4 is 11.9 Å². The number of hydrogen-bond donors (Lipinski definition) is 1. The number of aromatic nitrogens is 2. The minimum absolute atomic E-state index is 0.139. The average Bonchev–Trinajstić information content (AvgIpc) is 2.68. The molecule has 6 heteroatoms. The first kappa shape index (κ1) is 18.1. The predicted octanol–water partition coefficient (Wildman–Crippen LogP) is 1.93. The number of rotatable bonds is 6. The van der Waals surface area contributed by atoms with Crippen LogP contribution in [0.5, 0.6) is 0 Å². The van der Waals surface area contributed by atoms with Crippen molar-refractivity contribution in [1.29, 1.82) is 0 Å². The standard InChI is InChI=1S/C19H31N5O/c1-2-10-23-11-4-16(5-12-23)15-22-18(25)17-6-13-24(14-7-17)19-20-8-3-9-21-19/h3,8-9,16-17H,2,4-7,10-15H2,1H3,(H,22,25). The lowest BCUT2D eigenvalue weighted by Gasteiger charge is -2.33. The van der Waals surface area contributed by atoms with E-state index in [4.69, 9.17) is 0 Å². The Bertz CT molecular complexity index is 522. The van der Waals surface area contributed by atoms with E-state index in [-0.39, 0.29) is 11.8 Å². The lowest BCUT2D eigenvalue weighted by Crippen LogP contribution is -2.43. The maximum absolute atomic E-state index is 12.5. The summed E-state index contributed by atoms with van der Waals surface area (Å²) in [5, 5.41) is 3.22. The monoisotopic (exact) mass is 345 g/mol. The van der Waals surface area contributed by atoms with Crippen LogP contribution in [-0.2, 0) is 4.79 Å². The minimum Gasteiger partial charge on any atom is -0.356 e. The van der Waals surface area contributed by atoms with Gasteiger partial charge in [-0.05, 0) is 63.7 Å². The van der Waals surface area contributed by atoms with Gasteiger partial charge in [0.25, 0.3) is 0 Å². The molecule has 6 nitrogen and oxygen atoms in total. The first-order chi connectivity index (χ1) is 12.3. The van der Waals surface area contributed by atoms with Gasteiger partial charge in [0.05, 0.1) is 0 Å². The van der Waals surface area contributed by atoms with Crippen LogP contribution in [0.2, 0.25) is 0 Å². The van der Waals surface area contributed by atoms with E-state index in [0.717, 1.165) is 38.4 Å². The van der Waals surface area contributed by atoms with Crippen LogP contribution in [0.4, 0.5) is 5.95 Å². The molecule has 25 heavy (non-hydrogen) atoms. The second-order valence-electron chi connectivity index (χ2n) is 7.34. The molecule has 3 rings (SSSR count). The Balaban J connectivity index is 1.36. The average molecular weight is 345 g/mol. The molecule has 3 heterocycles. The zero-order valence-electron chi connectivity index (χ0n) is 15.4. The molecule has 0 saturated carbocycles. The third-order valence-corrected chi connectivity index (χ3v) is 5.51. The molecular formula is C19H31N5O. The first-order valence-corrected chi connectivity index (χ1v) is 9.78. The Morgan fingerprint density at radius 3 is 2.44 bits per heavy atom. The normalized spacial score (nSPS) is 20.6. The molecule has 1 aromatic rings. The Labute approximate surface area is 151 Å². The number of nitrogens with zero attached hydrogens (tertiary/aromatic N) is 4. The van der Waals surface area contributed by atoms with Gasteiger partial charge in [-0.3, -0.25) is 4.79 Å². The highest BCUT2D eigenvalue weighted by atomic mass is 16.1. The van der Waals surface area contributed by atoms with Crippen molar-refractivity contribution in [1.82, 2.24) is 20.2 Å². The van der Waals surface area contributed by atoms with Crippen LogP contribution in [-0.4, -0.2) is 60.0 Å². The lowest BCUT2D eigenvalue weighted by molar-refractivity contribution is -0.125. The van der Waals surface area contributed by atoms with Crippen molar-refractivity contribution in [2.75, 3.05) is 44.2 Å². The zero-order valence-corrected chi connectivity index (χ0v) is 15.4. The third-order valence-electron chi connectivity index (χ3n) is 5.51. The van der Waals surface area contributed by atoms with Crippen LogP contribution < -0.4 is 10.2 Å². The molecule has 0 aromatic carbocycles. The van der Waals surface area contributed by atoms with Crippen LogP contribution in [0.1, 0.15) is 39.0 Å². The van der Waals surface area contributed by atoms with Crippen molar-refractivity contribution in [3.05, 3.63) is 18.5 Å². The van der Waals surface area contributed by atoms with Gasteiger partial charge in [0.2, 0.25) is 11.9 Å². The second-order valence-corrected chi connectivity index (χ2v) is 7.34. The summed E-state index contributed by atoms with van der Waals surface area (Å²) in [6, 6.07) is 1.83. The fourth-order valence-electron chi connectivity index (χ4n) is 3.92. The summed E-state index contributed by atoms with van der Waals surface area (Å²) in [6.45, 7) is 8.38. The summed E-state index contributed by atoms with van der Waals surface area (Å²) in [5.74, 6) is 1.81. The molecule has 0 bridgehead atoms. The van der Waals surface area contributed by atoms with E-state index in [0.29, 0.717) is 5.92 Å². The van der Waals surface area contributed by atoms with E-state index in [1.54, 1.807) is 12.4 Å². The highest BCUT2D eigenvalue weighted by Gasteiger charge is 2.27. The summed E-state index contributed by atoms with van der Waals surface area (Å²) in [4.78, 5) is 25.8. The van der Waals surface area contributed by atoms with Crippen molar-refractivity contribution in [3.8, 4) is 0 Å². The third kappa shape index (κ3) is 5.14. The zero-order chi connectivity index (χ0) is 17.5. The van der Waals surface area contributed by atoms with Crippen molar-refractivity contribution < 1.29 is 4.79 Å². The molecule has 0 atom stereocenters. The van der Waals surface area contributed by atoms with Gasteiger partial charge in [-0.1, -0.05) is 6.92 Å². The Morgan fingerprint density at radius 2 is 1.80 bits per heavy atom. The van der Waals surface area contributed by atoms with Crippen LogP contribution in [0.3, 0.4) is 0 Å². The smallest absolute Gasteiger partial charge is 0.225 e. The number of amides is 1. The van der Waals surface area contributed by atoms with Gasteiger partial charge in [0, 0.05) is 37.9 Å². The molecule has 2 fully saturated rings. The quantitative estimate of drug-likeness (QED) is 0.854. The molecule has 0 aliphatic carbocycles. The topological polar surface area (TPSA) is 61.4 Å². The van der Waals surface area contributed by atoms with E-state index in [1.165, 1.54) is 38.9 Å². The molecular weight excluding hydrogens is 314 g/mol. The molecule has 0 unspecified atom stereocenters. The molecule has 2 aliphatic rings. The molecule has 0 spiro atoms. The summed E-state index contributed by atoms with van der Waals surface area (Å²) in [7, 11) is 0. The van der Waals surface area contributed by atoms with Gasteiger partial charge in [-0.15, -0.1) is 0 Å². The van der Waals surface area contributed by atoms with E-state index < -0.39 is 0 Å². The van der Waals surface area contributed by atoms with Crippen molar-refractivity contribution in [2.45, 2.75) is 39.0 Å². The van der Waals surface area contributed by atoms with Crippen LogP contribution in [0.15, 0.2) is 18.5 Å². The number of hydrogen-bond acceptors (Lipinski definition) is 5. The number of carbonyl (C=O) groups excluding carboxylic acids is 1. The molecule has 138 valence electrons. The number of piperidine rings is 2. The number of likely N-dealkylation sites (tertiary alicyclic amines) is 1. The van der Waals surface area contributed by atoms with Crippen LogP contribution in [0.25, 0.3) is 0 Å². The van der Waals surface area contributed by atoms with Gasteiger partial charge in [-0.2, -0.15) is 0 Å². The van der Waals surface area contributed by atoms with Gasteiger partial charge < -0.3 is 15.1 Å². The largest absolute Gasteiger partial charge is 0.356 e. The van der Waals surface area contributed by atoms with E-state index in [1.807, 2.05) is 6.07 Å². The number of anilines is 1. The maximum Gasteiger partial charge on any atom is 0.225 e. The fourth-order valence-corrected chi connectivity index (χ4v) is 3.92. The molecule has 0 radical (unpaired) electrons. The predicted molar refractivity (Wildman–Crippen MR) is 99.4 cm³/mol. The van der Waals surface area contributed by atoms with Gasteiger partial charge in [0.1, 0.15) is 0 Å². The number of nitrogens with one attached hydrogen (secondary N) is 1. The Morgan fingerprint density at radius 1 is 1.12 bits per heavy atom. The molecule has 1 amide bonds. The van der Waals surface area contributed by atoms with Crippen molar-refractivity contribution in [2.24, 2.45) is 11.8 Å². The molecule has 2 saturated heterocycles. The minimum atomic E-state index is 0.139. The van der Waals surface area contributed by atoms with Gasteiger partial charge in [0.15, 0.2) is 0 Å². The van der Waals surface area contributed by atoms with Crippen molar-refractivity contribution in [3.63, 3.8) is 0 Å². The number of carbonyl (C=O) groups is 1. The van der Waals surface area contributed by atoms with E-state index in [2.05, 4.69) is 32.0 Å². The maximum atomic E-state index is 12.5. The summed E-state index contributed by atoms with van der Waals surface area (Å²) < 4.78 is 0. The highest BCUT2D eigenvalue weighted by Crippen LogP contribution is 2.21. The summed E-state index contributed by atoms with van der Waals surface area (Å²) >= 11 is 0. The van der Waals surface area contributed by atoms with Crippen LogP contribution in [0, 0.1) is 11.8 Å². The van der Waals surface area contributed by atoms with E-state index in [9.17, 15) is 4.79 Å². The Kier molecular flexibility index (Phi) is 6.62.